The zero-order valence-electron chi connectivity index (χ0n) is 15.7. The van der Waals surface area contributed by atoms with E-state index in [0.29, 0.717) is 35.7 Å². The first-order valence-corrected chi connectivity index (χ1v) is 11.3. The summed E-state index contributed by atoms with van der Waals surface area (Å²) in [5.41, 5.74) is 0.866. The van der Waals surface area contributed by atoms with Crippen LogP contribution in [0.25, 0.3) is 0 Å². The minimum absolute atomic E-state index is 0. The molecule has 0 bridgehead atoms. The molecular formula is C17H27Cl2IN4O3S. The first-order valence-electron chi connectivity index (χ1n) is 8.87. The van der Waals surface area contributed by atoms with Gasteiger partial charge in [-0.25, -0.2) is 13.1 Å². The summed E-state index contributed by atoms with van der Waals surface area (Å²) in [6.07, 6.45) is 2.98. The van der Waals surface area contributed by atoms with E-state index < -0.39 is 10.0 Å². The van der Waals surface area contributed by atoms with Gasteiger partial charge in [0, 0.05) is 43.3 Å². The summed E-state index contributed by atoms with van der Waals surface area (Å²) in [6.45, 7) is 1.70. The number of ether oxygens (including phenoxy) is 1. The van der Waals surface area contributed by atoms with Crippen LogP contribution in [0.5, 0.6) is 0 Å². The Labute approximate surface area is 194 Å². The van der Waals surface area contributed by atoms with Crippen LogP contribution in [-0.4, -0.2) is 53.0 Å². The van der Waals surface area contributed by atoms with Gasteiger partial charge in [0.15, 0.2) is 5.96 Å². The van der Waals surface area contributed by atoms with Gasteiger partial charge in [0.2, 0.25) is 10.0 Å². The fourth-order valence-electron chi connectivity index (χ4n) is 2.63. The van der Waals surface area contributed by atoms with Gasteiger partial charge in [-0.3, -0.25) is 4.99 Å². The highest BCUT2D eigenvalue weighted by molar-refractivity contribution is 14.0. The first kappa shape index (κ1) is 25.7. The van der Waals surface area contributed by atoms with Crippen LogP contribution in [0.3, 0.4) is 0 Å². The van der Waals surface area contributed by atoms with E-state index in [9.17, 15) is 8.42 Å². The highest BCUT2D eigenvalue weighted by atomic mass is 127. The lowest BCUT2D eigenvalue weighted by Crippen LogP contribution is -2.42. The molecular weight excluding hydrogens is 538 g/mol. The van der Waals surface area contributed by atoms with Crippen LogP contribution in [0.15, 0.2) is 23.2 Å². The fourth-order valence-corrected chi connectivity index (χ4v) is 4.06. The van der Waals surface area contributed by atoms with E-state index in [-0.39, 0.29) is 42.4 Å². The van der Waals surface area contributed by atoms with Gasteiger partial charge in [0.25, 0.3) is 0 Å². The average Bonchev–Trinajstić information content (AvgIpc) is 2.65. The van der Waals surface area contributed by atoms with Crippen molar-refractivity contribution in [1.82, 2.24) is 15.4 Å². The maximum Gasteiger partial charge on any atom is 0.213 e. The summed E-state index contributed by atoms with van der Waals surface area (Å²) in [4.78, 5) is 4.08. The molecule has 1 aliphatic heterocycles. The maximum atomic E-state index is 12.1. The van der Waals surface area contributed by atoms with E-state index in [1.54, 1.807) is 19.2 Å². The molecule has 0 amide bonds. The first-order chi connectivity index (χ1) is 12.9. The number of nitrogens with one attached hydrogen (secondary N) is 3. The molecule has 160 valence electrons. The molecule has 3 N–H and O–H groups in total. The molecule has 1 atom stereocenters. The van der Waals surface area contributed by atoms with Gasteiger partial charge >= 0.3 is 0 Å². The minimum atomic E-state index is -3.37. The number of halogens is 3. The molecule has 0 saturated carbocycles. The van der Waals surface area contributed by atoms with Gasteiger partial charge in [0.05, 0.1) is 11.9 Å². The number of hydrogen-bond donors (Lipinski definition) is 3. The molecule has 1 saturated heterocycles. The number of guanidine groups is 1. The molecule has 1 fully saturated rings. The summed E-state index contributed by atoms with van der Waals surface area (Å²) in [5, 5.41) is 7.21. The van der Waals surface area contributed by atoms with Crippen molar-refractivity contribution < 1.29 is 13.2 Å². The fraction of sp³-hybridized carbons (Fsp3) is 0.588. The third-order valence-electron chi connectivity index (χ3n) is 4.15. The predicted octanol–water partition coefficient (Wildman–Crippen LogP) is 2.76. The summed E-state index contributed by atoms with van der Waals surface area (Å²) < 4.78 is 32.3. The predicted molar refractivity (Wildman–Crippen MR) is 125 cm³/mol. The molecule has 2 rings (SSSR count). The third kappa shape index (κ3) is 9.45. The van der Waals surface area contributed by atoms with Crippen LogP contribution in [0.2, 0.25) is 10.0 Å². The van der Waals surface area contributed by atoms with Crippen molar-refractivity contribution >= 4 is 63.2 Å². The lowest BCUT2D eigenvalue weighted by atomic mass is 10.1. The molecule has 0 aromatic heterocycles. The molecule has 0 radical (unpaired) electrons. The smallest absolute Gasteiger partial charge is 0.213 e. The maximum absolute atomic E-state index is 12.1. The SMILES string of the molecule is CN=C(NCCS(=O)(=O)NCC1CCCCO1)NCc1ccc(Cl)cc1Cl.I. The zero-order valence-corrected chi connectivity index (χ0v) is 20.4. The minimum Gasteiger partial charge on any atom is -0.377 e. The molecule has 11 heteroatoms. The van der Waals surface area contributed by atoms with Gasteiger partial charge in [-0.15, -0.1) is 24.0 Å². The molecule has 0 aliphatic carbocycles. The van der Waals surface area contributed by atoms with Crippen molar-refractivity contribution in [3.05, 3.63) is 33.8 Å². The van der Waals surface area contributed by atoms with E-state index in [4.69, 9.17) is 27.9 Å². The van der Waals surface area contributed by atoms with E-state index in [0.717, 1.165) is 24.8 Å². The Morgan fingerprint density at radius 2 is 2.07 bits per heavy atom. The number of aliphatic imine (C=N–C) groups is 1. The topological polar surface area (TPSA) is 91.8 Å². The van der Waals surface area contributed by atoms with Crippen molar-refractivity contribution in [3.63, 3.8) is 0 Å². The van der Waals surface area contributed by atoms with Gasteiger partial charge in [-0.2, -0.15) is 0 Å². The average molecular weight is 565 g/mol. The zero-order chi connectivity index (χ0) is 19.7. The van der Waals surface area contributed by atoms with Crippen LogP contribution in [0.4, 0.5) is 0 Å². The van der Waals surface area contributed by atoms with Crippen molar-refractivity contribution in [1.29, 1.82) is 0 Å². The normalized spacial score (nSPS) is 17.7. The lowest BCUT2D eigenvalue weighted by molar-refractivity contribution is 0.0200. The van der Waals surface area contributed by atoms with E-state index in [2.05, 4.69) is 20.3 Å². The van der Waals surface area contributed by atoms with Gasteiger partial charge in [0.1, 0.15) is 0 Å². The second-order valence-electron chi connectivity index (χ2n) is 6.24. The number of rotatable bonds is 8. The Bertz CT molecular complexity index is 744. The van der Waals surface area contributed by atoms with Crippen LogP contribution < -0.4 is 15.4 Å². The Kier molecular flexibility index (Phi) is 12.0. The molecule has 28 heavy (non-hydrogen) atoms. The Morgan fingerprint density at radius 1 is 1.29 bits per heavy atom. The van der Waals surface area contributed by atoms with Crippen molar-refractivity contribution in [3.8, 4) is 0 Å². The molecule has 1 aliphatic rings. The largest absolute Gasteiger partial charge is 0.377 e. The van der Waals surface area contributed by atoms with Gasteiger partial charge in [-0.1, -0.05) is 29.3 Å². The molecule has 1 aromatic rings. The second-order valence-corrected chi connectivity index (χ2v) is 9.01. The lowest BCUT2D eigenvalue weighted by Gasteiger charge is -2.22. The quantitative estimate of drug-likeness (QED) is 0.256. The molecule has 7 nitrogen and oxygen atoms in total. The van der Waals surface area contributed by atoms with Crippen molar-refractivity contribution in [2.45, 2.75) is 31.9 Å². The van der Waals surface area contributed by atoms with Gasteiger partial charge in [-0.05, 0) is 37.0 Å². The number of hydrogen-bond acceptors (Lipinski definition) is 4. The van der Waals surface area contributed by atoms with Crippen LogP contribution in [-0.2, 0) is 21.3 Å². The summed E-state index contributed by atoms with van der Waals surface area (Å²) in [6, 6.07) is 5.26. The summed E-state index contributed by atoms with van der Waals surface area (Å²) in [5.74, 6) is 0.439. The van der Waals surface area contributed by atoms with E-state index in [1.165, 1.54) is 0 Å². The third-order valence-corrected chi connectivity index (χ3v) is 6.09. The highest BCUT2D eigenvalue weighted by Gasteiger charge is 2.17. The molecule has 1 unspecified atom stereocenters. The number of nitrogens with zero attached hydrogens (tertiary/aromatic N) is 1. The Morgan fingerprint density at radius 3 is 2.71 bits per heavy atom. The number of benzene rings is 1. The number of sulfonamides is 1. The standard InChI is InChI=1S/C17H26Cl2N4O3S.HI/c1-20-17(22-11-13-5-6-14(18)10-16(13)19)21-7-9-27(24,25)23-12-15-4-2-3-8-26-15;/h5-6,10,15,23H,2-4,7-9,11-12H2,1H3,(H2,20,21,22);1H. The Balaban J connectivity index is 0.00000392. The summed E-state index contributed by atoms with van der Waals surface area (Å²) in [7, 11) is -1.76. The van der Waals surface area contributed by atoms with Gasteiger partial charge < -0.3 is 15.4 Å². The monoisotopic (exact) mass is 564 g/mol. The highest BCUT2D eigenvalue weighted by Crippen LogP contribution is 2.20. The molecule has 0 spiro atoms. The second kappa shape index (κ2) is 13.1. The van der Waals surface area contributed by atoms with Crippen LogP contribution in [0.1, 0.15) is 24.8 Å². The van der Waals surface area contributed by atoms with Crippen LogP contribution in [0, 0.1) is 0 Å². The van der Waals surface area contributed by atoms with Crippen LogP contribution >= 0.6 is 47.2 Å². The summed E-state index contributed by atoms with van der Waals surface area (Å²) >= 11 is 12.0. The molecule has 1 aromatic carbocycles. The van der Waals surface area contributed by atoms with Crippen molar-refractivity contribution in [2.75, 3.05) is 32.5 Å². The van der Waals surface area contributed by atoms with E-state index >= 15 is 0 Å². The van der Waals surface area contributed by atoms with E-state index in [1.807, 2.05) is 6.07 Å². The van der Waals surface area contributed by atoms with Crippen molar-refractivity contribution in [2.24, 2.45) is 4.99 Å². The molecule has 1 heterocycles. The Hall–Kier alpha value is -0.330.